The van der Waals surface area contributed by atoms with Crippen LogP contribution < -0.4 is 10.6 Å². The van der Waals surface area contributed by atoms with Crippen molar-refractivity contribution < 1.29 is 4.74 Å². The van der Waals surface area contributed by atoms with Crippen LogP contribution in [-0.2, 0) is 4.74 Å². The van der Waals surface area contributed by atoms with E-state index in [1.54, 1.807) is 0 Å². The third-order valence-corrected chi connectivity index (χ3v) is 5.63. The Morgan fingerprint density at radius 1 is 1.17 bits per heavy atom. The smallest absolute Gasteiger partial charge is 0.0689 e. The Hall–Kier alpha value is -2.07. The maximum atomic E-state index is 5.51. The van der Waals surface area contributed by atoms with E-state index in [0.717, 1.165) is 73.6 Å². The fraction of sp³-hybridized carbons (Fsp3) is 0.577. The van der Waals surface area contributed by atoms with Gasteiger partial charge in [0.2, 0.25) is 0 Å². The van der Waals surface area contributed by atoms with Crippen LogP contribution in [0.2, 0.25) is 0 Å². The van der Waals surface area contributed by atoms with Crippen molar-refractivity contribution in [2.45, 2.75) is 72.8 Å². The number of allylic oxidation sites excluding steroid dienone is 7. The molecule has 0 spiro atoms. The number of nitrogens with zero attached hydrogens (tertiary/aromatic N) is 1. The van der Waals surface area contributed by atoms with Crippen LogP contribution in [0, 0.1) is 0 Å². The lowest BCUT2D eigenvalue weighted by Gasteiger charge is -2.26. The molecule has 1 aliphatic rings. The first-order chi connectivity index (χ1) is 14.4. The first kappa shape index (κ1) is 26.0. The Balaban J connectivity index is 3.43. The highest BCUT2D eigenvalue weighted by molar-refractivity contribution is 6.14. The Morgan fingerprint density at radius 3 is 2.37 bits per heavy atom. The molecule has 2 N–H and O–H groups in total. The molecule has 0 bridgehead atoms. The van der Waals surface area contributed by atoms with Gasteiger partial charge in [0.05, 0.1) is 5.71 Å². The highest BCUT2D eigenvalue weighted by Gasteiger charge is 2.17. The van der Waals surface area contributed by atoms with Crippen LogP contribution in [-0.4, -0.2) is 39.1 Å². The lowest BCUT2D eigenvalue weighted by molar-refractivity contribution is 0.0806. The van der Waals surface area contributed by atoms with E-state index in [1.165, 1.54) is 11.1 Å². The average molecular weight is 414 g/mol. The zero-order chi connectivity index (χ0) is 22.5. The van der Waals surface area contributed by atoms with Crippen molar-refractivity contribution in [3.05, 3.63) is 58.5 Å². The Kier molecular flexibility index (Phi) is 12.1. The molecule has 0 unspecified atom stereocenters. The van der Waals surface area contributed by atoms with Gasteiger partial charge in [-0.25, -0.2) is 0 Å². The molecule has 0 aromatic heterocycles. The molecular weight excluding hydrogens is 370 g/mol. The normalized spacial score (nSPS) is 18.2. The maximum Gasteiger partial charge on any atom is 0.0689 e. The van der Waals surface area contributed by atoms with E-state index in [0.29, 0.717) is 6.04 Å². The molecule has 0 saturated carbocycles. The van der Waals surface area contributed by atoms with Gasteiger partial charge in [-0.1, -0.05) is 44.6 Å². The van der Waals surface area contributed by atoms with Crippen LogP contribution in [0.5, 0.6) is 0 Å². The van der Waals surface area contributed by atoms with Crippen LogP contribution in [0.1, 0.15) is 66.7 Å². The van der Waals surface area contributed by atoms with E-state index in [1.807, 2.05) is 14.1 Å². The van der Waals surface area contributed by atoms with Gasteiger partial charge in [0.15, 0.2) is 0 Å². The van der Waals surface area contributed by atoms with Gasteiger partial charge in [-0.3, -0.25) is 4.99 Å². The minimum Gasteiger partial charge on any atom is -0.391 e. The van der Waals surface area contributed by atoms with Crippen molar-refractivity contribution in [1.82, 2.24) is 10.6 Å². The zero-order valence-corrected chi connectivity index (χ0v) is 20.3. The number of ether oxygens (including phenoxy) is 1. The second-order valence-electron chi connectivity index (χ2n) is 7.94. The van der Waals surface area contributed by atoms with Gasteiger partial charge < -0.3 is 15.4 Å². The summed E-state index contributed by atoms with van der Waals surface area (Å²) < 4.78 is 5.51. The SMILES string of the molecule is C=C(NC1CCOCC1)C(/C=C(\C=C/CC)C(=NC)/C(C)=C(\C)NC)=C(/C)CCC. The van der Waals surface area contributed by atoms with Crippen molar-refractivity contribution in [3.63, 3.8) is 0 Å². The largest absolute Gasteiger partial charge is 0.391 e. The maximum absolute atomic E-state index is 5.51. The van der Waals surface area contributed by atoms with Gasteiger partial charge in [0.25, 0.3) is 0 Å². The number of aliphatic imine (C=N–C) groups is 1. The van der Waals surface area contributed by atoms with Crippen LogP contribution in [0.25, 0.3) is 0 Å². The molecule has 4 heteroatoms. The Bertz CT molecular complexity index is 717. The second-order valence-corrected chi connectivity index (χ2v) is 7.94. The molecule has 0 radical (unpaired) electrons. The quantitative estimate of drug-likeness (QED) is 0.329. The third kappa shape index (κ3) is 7.98. The molecule has 1 aliphatic heterocycles. The summed E-state index contributed by atoms with van der Waals surface area (Å²) in [5.41, 5.74) is 7.95. The standard InChI is InChI=1S/C26H43N3O/c1-9-11-13-23(26(28-8)20(4)21(5)27-7)18-25(19(3)12-10-2)22(6)29-24-14-16-30-17-15-24/h11,13,18,24,27,29H,6,9-10,12,14-17H2,1-5,7-8H3/b13-11-,21-20+,23-18+,25-19-,28-26?. The fourth-order valence-electron chi connectivity index (χ4n) is 3.62. The predicted molar refractivity (Wildman–Crippen MR) is 132 cm³/mol. The molecule has 1 heterocycles. The molecule has 0 aromatic rings. The molecule has 0 aromatic carbocycles. The van der Waals surface area contributed by atoms with E-state index in [4.69, 9.17) is 4.74 Å². The first-order valence-corrected chi connectivity index (χ1v) is 11.3. The Labute approximate surface area is 185 Å². The fourth-order valence-corrected chi connectivity index (χ4v) is 3.62. The van der Waals surface area contributed by atoms with Crippen molar-refractivity contribution >= 4 is 5.71 Å². The Morgan fingerprint density at radius 2 is 1.83 bits per heavy atom. The molecule has 168 valence electrons. The molecule has 0 amide bonds. The lowest BCUT2D eigenvalue weighted by Crippen LogP contribution is -2.34. The topological polar surface area (TPSA) is 45.6 Å². The molecule has 0 atom stereocenters. The molecule has 1 fully saturated rings. The number of nitrogens with one attached hydrogen (secondary N) is 2. The highest BCUT2D eigenvalue weighted by atomic mass is 16.5. The van der Waals surface area contributed by atoms with Crippen molar-refractivity contribution in [2.75, 3.05) is 27.3 Å². The van der Waals surface area contributed by atoms with Gasteiger partial charge >= 0.3 is 0 Å². The second kappa shape index (κ2) is 14.0. The number of rotatable bonds is 11. The monoisotopic (exact) mass is 413 g/mol. The van der Waals surface area contributed by atoms with E-state index in [2.05, 4.69) is 75.1 Å². The third-order valence-electron chi connectivity index (χ3n) is 5.63. The number of hydrogen-bond donors (Lipinski definition) is 2. The first-order valence-electron chi connectivity index (χ1n) is 11.3. The van der Waals surface area contributed by atoms with Crippen LogP contribution in [0.3, 0.4) is 0 Å². The van der Waals surface area contributed by atoms with Crippen LogP contribution in [0.4, 0.5) is 0 Å². The number of hydrogen-bond acceptors (Lipinski definition) is 4. The summed E-state index contributed by atoms with van der Waals surface area (Å²) in [5, 5.41) is 6.93. The molecular formula is C26H43N3O. The van der Waals surface area contributed by atoms with E-state index in [9.17, 15) is 0 Å². The van der Waals surface area contributed by atoms with Gasteiger partial charge in [-0.05, 0) is 63.7 Å². The molecule has 4 nitrogen and oxygen atoms in total. The zero-order valence-electron chi connectivity index (χ0n) is 20.3. The highest BCUT2D eigenvalue weighted by Crippen LogP contribution is 2.23. The molecule has 1 rings (SSSR count). The summed E-state index contributed by atoms with van der Waals surface area (Å²) in [4.78, 5) is 4.65. The summed E-state index contributed by atoms with van der Waals surface area (Å²) in [6.45, 7) is 16.9. The van der Waals surface area contributed by atoms with Crippen LogP contribution >= 0.6 is 0 Å². The summed E-state index contributed by atoms with van der Waals surface area (Å²) in [7, 11) is 3.82. The lowest BCUT2D eigenvalue weighted by atomic mass is 9.94. The predicted octanol–water partition coefficient (Wildman–Crippen LogP) is 5.86. The summed E-state index contributed by atoms with van der Waals surface area (Å²) >= 11 is 0. The van der Waals surface area contributed by atoms with Gasteiger partial charge in [0.1, 0.15) is 0 Å². The van der Waals surface area contributed by atoms with E-state index >= 15 is 0 Å². The minimum absolute atomic E-state index is 0.422. The van der Waals surface area contributed by atoms with Gasteiger partial charge in [-0.2, -0.15) is 0 Å². The van der Waals surface area contributed by atoms with Gasteiger partial charge in [-0.15, -0.1) is 0 Å². The van der Waals surface area contributed by atoms with Crippen molar-refractivity contribution in [1.29, 1.82) is 0 Å². The molecule has 1 saturated heterocycles. The van der Waals surface area contributed by atoms with Gasteiger partial charge in [0, 0.05) is 50.3 Å². The van der Waals surface area contributed by atoms with Crippen molar-refractivity contribution in [2.24, 2.45) is 4.99 Å². The molecule has 0 aliphatic carbocycles. The summed E-state index contributed by atoms with van der Waals surface area (Å²) in [5.74, 6) is 0. The van der Waals surface area contributed by atoms with E-state index in [-0.39, 0.29) is 0 Å². The molecule has 30 heavy (non-hydrogen) atoms. The minimum atomic E-state index is 0.422. The summed E-state index contributed by atoms with van der Waals surface area (Å²) in [6.07, 6.45) is 11.8. The average Bonchev–Trinajstić information content (AvgIpc) is 2.75. The van der Waals surface area contributed by atoms with E-state index < -0.39 is 0 Å². The van der Waals surface area contributed by atoms with Crippen LogP contribution in [0.15, 0.2) is 63.5 Å². The van der Waals surface area contributed by atoms with Crippen molar-refractivity contribution in [3.8, 4) is 0 Å². The summed E-state index contributed by atoms with van der Waals surface area (Å²) in [6, 6.07) is 0.422.